The summed E-state index contributed by atoms with van der Waals surface area (Å²) in [7, 11) is 0. The Morgan fingerprint density at radius 1 is 1.06 bits per heavy atom. The predicted molar refractivity (Wildman–Crippen MR) is 126 cm³/mol. The number of pyridine rings is 1. The lowest BCUT2D eigenvalue weighted by Gasteiger charge is -2.22. The van der Waals surface area contributed by atoms with E-state index in [4.69, 9.17) is 4.42 Å². The van der Waals surface area contributed by atoms with E-state index in [0.29, 0.717) is 39.5 Å². The summed E-state index contributed by atoms with van der Waals surface area (Å²) in [4.78, 5) is 17.3. The predicted octanol–water partition coefficient (Wildman–Crippen LogP) is 5.65. The highest BCUT2D eigenvalue weighted by Gasteiger charge is 2.32. The number of aliphatic hydroxyl groups is 2. The minimum Gasteiger partial charge on any atom is -0.455 e. The summed E-state index contributed by atoms with van der Waals surface area (Å²) in [5, 5.41) is 22.8. The molecule has 2 heterocycles. The van der Waals surface area contributed by atoms with Gasteiger partial charge in [-0.1, -0.05) is 6.07 Å². The maximum absolute atomic E-state index is 13.2. The number of nitrogens with zero attached hydrogens (tertiary/aromatic N) is 1. The third-order valence-corrected chi connectivity index (χ3v) is 5.81. The summed E-state index contributed by atoms with van der Waals surface area (Å²) in [6.07, 6.45) is -3.57. The van der Waals surface area contributed by atoms with Crippen LogP contribution < -0.4 is 10.7 Å². The van der Waals surface area contributed by atoms with E-state index in [1.165, 1.54) is 0 Å². The highest BCUT2D eigenvalue weighted by atomic mass is 19.4. The monoisotopic (exact) mass is 484 g/mol. The van der Waals surface area contributed by atoms with Gasteiger partial charge in [0.1, 0.15) is 11.3 Å². The number of rotatable bonds is 5. The first-order chi connectivity index (χ1) is 16.5. The molecule has 0 spiro atoms. The highest BCUT2D eigenvalue weighted by molar-refractivity contribution is 5.84. The number of aromatic nitrogens is 1. The van der Waals surface area contributed by atoms with Crippen molar-refractivity contribution in [1.29, 1.82) is 0 Å². The zero-order valence-electron chi connectivity index (χ0n) is 19.1. The molecule has 1 atom stereocenters. The molecule has 0 radical (unpaired) electrons. The molecule has 0 saturated carbocycles. The minimum absolute atomic E-state index is 0.108. The van der Waals surface area contributed by atoms with Crippen molar-refractivity contribution in [2.24, 2.45) is 0 Å². The van der Waals surface area contributed by atoms with E-state index in [2.05, 4.69) is 10.3 Å². The van der Waals surface area contributed by atoms with Gasteiger partial charge in [0.15, 0.2) is 11.7 Å². The third-order valence-electron chi connectivity index (χ3n) is 5.81. The number of benzene rings is 2. The fourth-order valence-corrected chi connectivity index (χ4v) is 4.06. The van der Waals surface area contributed by atoms with E-state index in [1.54, 1.807) is 44.4 Å². The molecule has 0 amide bonds. The summed E-state index contributed by atoms with van der Waals surface area (Å²) in [5.41, 5.74) is 1.33. The van der Waals surface area contributed by atoms with Gasteiger partial charge < -0.3 is 19.9 Å². The van der Waals surface area contributed by atoms with Gasteiger partial charge in [0.05, 0.1) is 17.0 Å². The second-order valence-electron chi connectivity index (χ2n) is 8.40. The lowest BCUT2D eigenvalue weighted by molar-refractivity contribution is -0.137. The van der Waals surface area contributed by atoms with Gasteiger partial charge in [-0.05, 0) is 62.7 Å². The number of alkyl halides is 3. The fourth-order valence-electron chi connectivity index (χ4n) is 4.06. The van der Waals surface area contributed by atoms with Crippen LogP contribution in [0.5, 0.6) is 0 Å². The Balaban J connectivity index is 1.84. The molecule has 0 fully saturated rings. The van der Waals surface area contributed by atoms with Crippen LogP contribution in [-0.4, -0.2) is 15.2 Å². The van der Waals surface area contributed by atoms with Crippen LogP contribution in [-0.2, 0) is 6.18 Å². The van der Waals surface area contributed by atoms with Gasteiger partial charge in [-0.25, -0.2) is 0 Å². The first-order valence-electron chi connectivity index (χ1n) is 10.8. The molecule has 4 rings (SSSR count). The van der Waals surface area contributed by atoms with Gasteiger partial charge in [0.2, 0.25) is 0 Å². The molecule has 182 valence electrons. The van der Waals surface area contributed by atoms with Crippen LogP contribution in [0.3, 0.4) is 0 Å². The van der Waals surface area contributed by atoms with Crippen LogP contribution in [0.15, 0.2) is 64.1 Å². The summed E-state index contributed by atoms with van der Waals surface area (Å²) in [5.74, 6) is 0.369. The largest absolute Gasteiger partial charge is 0.455 e. The topological polar surface area (TPSA) is 95.6 Å². The molecular formula is C26H23F3N2O4. The van der Waals surface area contributed by atoms with Gasteiger partial charge in [-0.15, -0.1) is 0 Å². The number of hydrogen-bond acceptors (Lipinski definition) is 6. The van der Waals surface area contributed by atoms with Gasteiger partial charge >= 0.3 is 6.18 Å². The Morgan fingerprint density at radius 2 is 1.80 bits per heavy atom. The molecule has 2 aromatic heterocycles. The molecule has 0 saturated heterocycles. The van der Waals surface area contributed by atoms with E-state index >= 15 is 0 Å². The van der Waals surface area contributed by atoms with Crippen LogP contribution in [0.25, 0.3) is 22.3 Å². The number of aryl methyl sites for hydroxylation is 1. The molecule has 0 aliphatic rings. The van der Waals surface area contributed by atoms with Crippen molar-refractivity contribution in [3.63, 3.8) is 0 Å². The molecular weight excluding hydrogens is 461 g/mol. The summed E-state index contributed by atoms with van der Waals surface area (Å²) < 4.78 is 45.6. The van der Waals surface area contributed by atoms with Crippen LogP contribution in [0.4, 0.5) is 18.9 Å². The smallest absolute Gasteiger partial charge is 0.416 e. The fraction of sp³-hybridized carbons (Fsp3) is 0.231. The van der Waals surface area contributed by atoms with E-state index in [1.807, 2.05) is 13.0 Å². The molecule has 0 aliphatic heterocycles. The average molecular weight is 484 g/mol. The van der Waals surface area contributed by atoms with Crippen LogP contribution in [0.2, 0.25) is 0 Å². The van der Waals surface area contributed by atoms with E-state index in [0.717, 1.165) is 17.7 Å². The zero-order valence-corrected chi connectivity index (χ0v) is 19.1. The standard InChI is InChI=1S/C26H23F3N2O4/c1-13-9-18(15(3)31-21-7-6-17(26(27,28)29)11-19(21)25(33)34)24-20(10-13)22(32)14(2)23(35-24)16-5-4-8-30-12-16/h4-12,15,25,31,33-34H,1-3H3. The summed E-state index contributed by atoms with van der Waals surface area (Å²) >= 11 is 0. The van der Waals surface area contributed by atoms with Crippen LogP contribution in [0, 0.1) is 13.8 Å². The van der Waals surface area contributed by atoms with E-state index in [-0.39, 0.29) is 16.7 Å². The van der Waals surface area contributed by atoms with Crippen molar-refractivity contribution < 1.29 is 27.8 Å². The second kappa shape index (κ2) is 9.16. The molecule has 4 aromatic rings. The Hall–Kier alpha value is -3.69. The van der Waals surface area contributed by atoms with Crippen molar-refractivity contribution in [2.45, 2.75) is 39.3 Å². The van der Waals surface area contributed by atoms with Crippen LogP contribution >= 0.6 is 0 Å². The minimum atomic E-state index is -4.63. The number of halogens is 3. The first kappa shape index (κ1) is 24.4. The van der Waals surface area contributed by atoms with Crippen molar-refractivity contribution in [3.8, 4) is 11.3 Å². The molecule has 6 nitrogen and oxygen atoms in total. The number of aliphatic hydroxyl groups excluding tert-OH is 1. The molecule has 2 aromatic carbocycles. The number of hydrogen-bond donors (Lipinski definition) is 3. The Labute approximate surface area is 198 Å². The molecule has 1 unspecified atom stereocenters. The number of nitrogens with one attached hydrogen (secondary N) is 1. The Morgan fingerprint density at radius 3 is 2.43 bits per heavy atom. The van der Waals surface area contributed by atoms with Crippen molar-refractivity contribution >= 4 is 16.7 Å². The lowest BCUT2D eigenvalue weighted by atomic mass is 9.98. The number of fused-ring (bicyclic) bond motifs is 1. The highest BCUT2D eigenvalue weighted by Crippen LogP contribution is 2.36. The van der Waals surface area contributed by atoms with Crippen LogP contribution in [0.1, 0.15) is 47.1 Å². The van der Waals surface area contributed by atoms with Crippen molar-refractivity contribution in [1.82, 2.24) is 4.98 Å². The third kappa shape index (κ3) is 4.78. The second-order valence-corrected chi connectivity index (χ2v) is 8.40. The Kier molecular flexibility index (Phi) is 6.40. The SMILES string of the molecule is Cc1cc(C(C)Nc2ccc(C(F)(F)F)cc2C(O)O)c2oc(-c3cccnc3)c(C)c(=O)c2c1. The van der Waals surface area contributed by atoms with E-state index in [9.17, 15) is 28.2 Å². The van der Waals surface area contributed by atoms with Gasteiger partial charge in [0, 0.05) is 40.3 Å². The quantitative estimate of drug-likeness (QED) is 0.317. The number of anilines is 1. The molecule has 35 heavy (non-hydrogen) atoms. The lowest BCUT2D eigenvalue weighted by Crippen LogP contribution is -2.14. The zero-order chi connectivity index (χ0) is 25.5. The van der Waals surface area contributed by atoms with Crippen molar-refractivity contribution in [2.75, 3.05) is 5.32 Å². The first-order valence-corrected chi connectivity index (χ1v) is 10.8. The maximum Gasteiger partial charge on any atom is 0.416 e. The van der Waals surface area contributed by atoms with Gasteiger partial charge in [-0.3, -0.25) is 9.78 Å². The van der Waals surface area contributed by atoms with Gasteiger partial charge in [-0.2, -0.15) is 13.2 Å². The van der Waals surface area contributed by atoms with Crippen molar-refractivity contribution in [3.05, 3.63) is 92.9 Å². The molecule has 0 bridgehead atoms. The van der Waals surface area contributed by atoms with Gasteiger partial charge in [0.25, 0.3) is 0 Å². The molecule has 9 heteroatoms. The maximum atomic E-state index is 13.2. The molecule has 0 aliphatic carbocycles. The normalized spacial score (nSPS) is 12.8. The van der Waals surface area contributed by atoms with E-state index < -0.39 is 24.1 Å². The Bertz CT molecular complexity index is 1450. The summed E-state index contributed by atoms with van der Waals surface area (Å²) in [6.45, 7) is 5.23. The average Bonchev–Trinajstić information content (AvgIpc) is 2.81. The summed E-state index contributed by atoms with van der Waals surface area (Å²) in [6, 6.07) is 9.16. The molecule has 3 N–H and O–H groups in total.